The van der Waals surface area contributed by atoms with Crippen LogP contribution in [0, 0.1) is 5.92 Å². The number of nitrogens with one attached hydrogen (secondary N) is 2. The first-order valence-electron chi connectivity index (χ1n) is 11.2. The minimum Gasteiger partial charge on any atom is -0.342 e. The van der Waals surface area contributed by atoms with Crippen molar-refractivity contribution in [1.29, 1.82) is 0 Å². The second-order valence-electron chi connectivity index (χ2n) is 8.32. The maximum absolute atomic E-state index is 12.8. The molecule has 2 N–H and O–H groups in total. The Morgan fingerprint density at radius 2 is 1.81 bits per heavy atom. The minimum absolute atomic E-state index is 0.0456. The van der Waals surface area contributed by atoms with E-state index >= 15 is 0 Å². The highest BCUT2D eigenvalue weighted by molar-refractivity contribution is 7.99. The van der Waals surface area contributed by atoms with Crippen LogP contribution in [-0.2, 0) is 11.8 Å². The third-order valence-electron chi connectivity index (χ3n) is 5.37. The zero-order chi connectivity index (χ0) is 25.7. The molecule has 0 saturated heterocycles. The molecule has 0 saturated carbocycles. The Morgan fingerprint density at radius 1 is 1.08 bits per heavy atom. The lowest BCUT2D eigenvalue weighted by molar-refractivity contribution is -0.113. The van der Waals surface area contributed by atoms with Gasteiger partial charge in [-0.1, -0.05) is 79.7 Å². The van der Waals surface area contributed by atoms with E-state index < -0.39 is 0 Å². The summed E-state index contributed by atoms with van der Waals surface area (Å²) < 4.78 is 1.80. The van der Waals surface area contributed by atoms with Crippen molar-refractivity contribution >= 4 is 51.6 Å². The topological polar surface area (TPSA) is 102 Å². The number of halogens is 1. The number of nitrogens with zero attached hydrogens (tertiary/aromatic N) is 4. The Labute approximate surface area is 222 Å². The van der Waals surface area contributed by atoms with E-state index in [0.29, 0.717) is 26.7 Å². The predicted octanol–water partition coefficient (Wildman–Crippen LogP) is 5.45. The van der Waals surface area contributed by atoms with Crippen molar-refractivity contribution in [2.45, 2.75) is 25.0 Å². The average Bonchev–Trinajstić information content (AvgIpc) is 3.48. The van der Waals surface area contributed by atoms with Crippen LogP contribution in [-0.4, -0.2) is 37.3 Å². The van der Waals surface area contributed by atoms with Crippen LogP contribution in [0.2, 0.25) is 5.02 Å². The van der Waals surface area contributed by atoms with Gasteiger partial charge in [0.1, 0.15) is 0 Å². The van der Waals surface area contributed by atoms with Gasteiger partial charge in [-0.2, -0.15) is 0 Å². The number of thiazole rings is 1. The van der Waals surface area contributed by atoms with Crippen molar-refractivity contribution in [3.05, 3.63) is 76.4 Å². The van der Waals surface area contributed by atoms with E-state index in [9.17, 15) is 9.59 Å². The number of carbonyl (C=O) groups excluding carboxylic acids is 2. The molecule has 0 bridgehead atoms. The summed E-state index contributed by atoms with van der Waals surface area (Å²) in [5, 5.41) is 17.8. The van der Waals surface area contributed by atoms with Crippen molar-refractivity contribution in [2.24, 2.45) is 13.0 Å². The van der Waals surface area contributed by atoms with Crippen molar-refractivity contribution < 1.29 is 9.59 Å². The Bertz CT molecular complexity index is 1360. The second-order valence-corrected chi connectivity index (χ2v) is 10.5. The average molecular weight is 541 g/mol. The van der Waals surface area contributed by atoms with E-state index in [1.54, 1.807) is 28.8 Å². The van der Waals surface area contributed by atoms with Gasteiger partial charge in [-0.15, -0.1) is 21.5 Å². The Hall–Kier alpha value is -3.21. The molecule has 0 unspecified atom stereocenters. The first-order valence-corrected chi connectivity index (χ1v) is 13.5. The lowest BCUT2D eigenvalue weighted by Crippen LogP contribution is -2.33. The standard InChI is InChI=1S/C25H25ClN6O2S2/c1-15(2)21(29-23(34)17-11-7-8-12-18(17)26)22-30-31-25(32(22)3)36-14-20(33)28-24-27-19(13-35-24)16-9-5-4-6-10-16/h4-13,15,21H,14H2,1-3H3,(H,29,34)(H,27,28,33)/t21-/m1/s1. The molecule has 2 heterocycles. The molecule has 8 nitrogen and oxygen atoms in total. The molecule has 0 spiro atoms. The third kappa shape index (κ3) is 6.13. The molecule has 2 amide bonds. The summed E-state index contributed by atoms with van der Waals surface area (Å²) in [6, 6.07) is 16.3. The predicted molar refractivity (Wildman–Crippen MR) is 144 cm³/mol. The van der Waals surface area contributed by atoms with Crippen LogP contribution in [0.25, 0.3) is 11.3 Å². The highest BCUT2D eigenvalue weighted by atomic mass is 35.5. The van der Waals surface area contributed by atoms with Crippen LogP contribution in [0.4, 0.5) is 5.13 Å². The van der Waals surface area contributed by atoms with Gasteiger partial charge in [0.25, 0.3) is 5.91 Å². The molecule has 2 aromatic carbocycles. The highest BCUT2D eigenvalue weighted by Gasteiger charge is 2.26. The molecule has 0 aliphatic rings. The molecule has 4 rings (SSSR count). The van der Waals surface area contributed by atoms with Gasteiger partial charge < -0.3 is 15.2 Å². The highest BCUT2D eigenvalue weighted by Crippen LogP contribution is 2.27. The van der Waals surface area contributed by atoms with Crippen LogP contribution in [0.1, 0.15) is 36.1 Å². The van der Waals surface area contributed by atoms with E-state index in [1.165, 1.54) is 23.1 Å². The molecule has 186 valence electrons. The lowest BCUT2D eigenvalue weighted by Gasteiger charge is -2.22. The number of anilines is 1. The number of rotatable bonds is 9. The molecule has 1 atom stereocenters. The fraction of sp³-hybridized carbons (Fsp3) is 0.240. The molecule has 0 fully saturated rings. The summed E-state index contributed by atoms with van der Waals surface area (Å²) in [6.07, 6.45) is 0. The van der Waals surface area contributed by atoms with Crippen molar-refractivity contribution in [3.63, 3.8) is 0 Å². The zero-order valence-electron chi connectivity index (χ0n) is 19.9. The number of thioether (sulfide) groups is 1. The minimum atomic E-state index is -0.388. The van der Waals surface area contributed by atoms with Gasteiger partial charge in [0.15, 0.2) is 16.1 Å². The Balaban J connectivity index is 1.38. The van der Waals surface area contributed by atoms with Crippen LogP contribution in [0.5, 0.6) is 0 Å². The van der Waals surface area contributed by atoms with Crippen molar-refractivity contribution in [1.82, 2.24) is 25.1 Å². The van der Waals surface area contributed by atoms with E-state index in [-0.39, 0.29) is 29.5 Å². The summed E-state index contributed by atoms with van der Waals surface area (Å²) >= 11 is 8.83. The normalized spacial score (nSPS) is 11.9. The Kier molecular flexibility index (Phi) is 8.40. The number of benzene rings is 2. The fourth-order valence-corrected chi connectivity index (χ4v) is 5.15. The molecule has 2 aromatic heterocycles. The van der Waals surface area contributed by atoms with E-state index in [1.807, 2.05) is 56.6 Å². The van der Waals surface area contributed by atoms with Crippen LogP contribution in [0.15, 0.2) is 65.1 Å². The third-order valence-corrected chi connectivity index (χ3v) is 7.48. The van der Waals surface area contributed by atoms with Gasteiger partial charge in [0, 0.05) is 18.0 Å². The van der Waals surface area contributed by atoms with Crippen LogP contribution < -0.4 is 10.6 Å². The van der Waals surface area contributed by atoms with Gasteiger partial charge in [-0.05, 0) is 18.1 Å². The first kappa shape index (κ1) is 25.9. The van der Waals surface area contributed by atoms with E-state index in [4.69, 9.17) is 11.6 Å². The Morgan fingerprint density at radius 3 is 2.53 bits per heavy atom. The van der Waals surface area contributed by atoms with Gasteiger partial charge in [-0.25, -0.2) is 4.98 Å². The first-order chi connectivity index (χ1) is 17.3. The molecule has 0 radical (unpaired) electrons. The van der Waals surface area contributed by atoms with Gasteiger partial charge in [-0.3, -0.25) is 9.59 Å². The molecule has 36 heavy (non-hydrogen) atoms. The van der Waals surface area contributed by atoms with E-state index in [0.717, 1.165) is 11.3 Å². The largest absolute Gasteiger partial charge is 0.342 e. The summed E-state index contributed by atoms with van der Waals surface area (Å²) in [5.74, 6) is 0.315. The van der Waals surface area contributed by atoms with Crippen LogP contribution in [0.3, 0.4) is 0 Å². The van der Waals surface area contributed by atoms with Crippen molar-refractivity contribution in [2.75, 3.05) is 11.1 Å². The molecule has 4 aromatic rings. The van der Waals surface area contributed by atoms with Crippen molar-refractivity contribution in [3.8, 4) is 11.3 Å². The fourth-order valence-electron chi connectivity index (χ4n) is 3.47. The number of aromatic nitrogens is 4. The second kappa shape index (κ2) is 11.7. The van der Waals surface area contributed by atoms with Gasteiger partial charge >= 0.3 is 0 Å². The lowest BCUT2D eigenvalue weighted by atomic mass is 10.0. The smallest absolute Gasteiger partial charge is 0.253 e. The monoisotopic (exact) mass is 540 g/mol. The summed E-state index contributed by atoms with van der Waals surface area (Å²) in [6.45, 7) is 3.98. The number of hydrogen-bond donors (Lipinski definition) is 2. The SMILES string of the molecule is CC(C)[C@@H](NC(=O)c1ccccc1Cl)c1nnc(SCC(=O)Nc2nc(-c3ccccc3)cs2)n1C. The molecular weight excluding hydrogens is 516 g/mol. The summed E-state index contributed by atoms with van der Waals surface area (Å²) in [4.78, 5) is 29.9. The molecule has 0 aliphatic carbocycles. The summed E-state index contributed by atoms with van der Waals surface area (Å²) in [5.41, 5.74) is 2.22. The number of amides is 2. The van der Waals surface area contributed by atoms with Crippen LogP contribution >= 0.6 is 34.7 Å². The quantitative estimate of drug-likeness (QED) is 0.274. The molecule has 11 heteroatoms. The maximum atomic E-state index is 12.8. The number of carbonyl (C=O) groups is 2. The maximum Gasteiger partial charge on any atom is 0.253 e. The molecular formula is C25H25ClN6O2S2. The number of hydrogen-bond acceptors (Lipinski definition) is 7. The zero-order valence-corrected chi connectivity index (χ0v) is 22.3. The van der Waals surface area contributed by atoms with E-state index in [2.05, 4.69) is 25.8 Å². The van der Waals surface area contributed by atoms with Gasteiger partial charge in [0.2, 0.25) is 5.91 Å². The van der Waals surface area contributed by atoms with Gasteiger partial charge in [0.05, 0.1) is 28.1 Å². The molecule has 0 aliphatic heterocycles. The summed E-state index contributed by atoms with van der Waals surface area (Å²) in [7, 11) is 1.82.